The first-order chi connectivity index (χ1) is 7.61. The summed E-state index contributed by atoms with van der Waals surface area (Å²) < 4.78 is 19.4. The van der Waals surface area contributed by atoms with E-state index in [4.69, 9.17) is 4.42 Å². The van der Waals surface area contributed by atoms with Crippen LogP contribution < -0.4 is 5.32 Å². The van der Waals surface area contributed by atoms with Gasteiger partial charge in [-0.2, -0.15) is 0 Å². The van der Waals surface area contributed by atoms with Crippen LogP contribution in [0, 0.1) is 12.7 Å². The number of aromatic nitrogens is 2. The summed E-state index contributed by atoms with van der Waals surface area (Å²) in [5, 5.41) is 2.67. The van der Waals surface area contributed by atoms with Crippen LogP contribution in [0.2, 0.25) is 0 Å². The van der Waals surface area contributed by atoms with Gasteiger partial charge in [-0.05, 0) is 35.0 Å². The van der Waals surface area contributed by atoms with Crippen LogP contribution in [0.15, 0.2) is 21.2 Å². The van der Waals surface area contributed by atoms with Crippen LogP contribution in [-0.2, 0) is 0 Å². The number of halogens is 2. The number of aryl methyl sites for hydroxylation is 1. The lowest BCUT2D eigenvalue weighted by atomic mass is 10.3. The lowest BCUT2D eigenvalue weighted by Crippen LogP contribution is -2.03. The third-order valence-corrected chi connectivity index (χ3v) is 2.47. The first-order valence-electron chi connectivity index (χ1n) is 4.59. The fourth-order valence-corrected chi connectivity index (χ4v) is 1.58. The molecule has 0 unspecified atom stereocenters. The van der Waals surface area contributed by atoms with E-state index < -0.39 is 5.82 Å². The Balaban J connectivity index is 2.54. The standard InChI is InChI=1S/C10H9BrFN3O/c1-5-8(12)10(13-2)15-9(14-5)6-3-4-7(11)16-6/h3-4H,1-2H3,(H,13,14,15). The zero-order valence-corrected chi connectivity index (χ0v) is 10.3. The van der Waals surface area contributed by atoms with Crippen LogP contribution in [0.4, 0.5) is 10.2 Å². The van der Waals surface area contributed by atoms with Gasteiger partial charge in [0.05, 0.1) is 5.69 Å². The number of anilines is 1. The molecular weight excluding hydrogens is 277 g/mol. The summed E-state index contributed by atoms with van der Waals surface area (Å²) in [6, 6.07) is 3.45. The lowest BCUT2D eigenvalue weighted by molar-refractivity contribution is 0.548. The average molecular weight is 286 g/mol. The molecule has 0 saturated heterocycles. The Bertz CT molecular complexity index is 527. The lowest BCUT2D eigenvalue weighted by Gasteiger charge is -2.05. The van der Waals surface area contributed by atoms with E-state index in [9.17, 15) is 4.39 Å². The minimum Gasteiger partial charge on any atom is -0.446 e. The second-order valence-electron chi connectivity index (χ2n) is 3.15. The van der Waals surface area contributed by atoms with Gasteiger partial charge >= 0.3 is 0 Å². The predicted octanol–water partition coefficient (Wildman–Crippen LogP) is 2.99. The third-order valence-electron chi connectivity index (χ3n) is 2.05. The number of nitrogens with zero attached hydrogens (tertiary/aromatic N) is 2. The maximum absolute atomic E-state index is 13.5. The maximum Gasteiger partial charge on any atom is 0.198 e. The number of hydrogen-bond acceptors (Lipinski definition) is 4. The number of rotatable bonds is 2. The first-order valence-corrected chi connectivity index (χ1v) is 5.38. The van der Waals surface area contributed by atoms with Crippen molar-refractivity contribution < 1.29 is 8.81 Å². The largest absolute Gasteiger partial charge is 0.446 e. The first kappa shape index (κ1) is 11.1. The van der Waals surface area contributed by atoms with E-state index in [1.807, 2.05) is 0 Å². The fraction of sp³-hybridized carbons (Fsp3) is 0.200. The van der Waals surface area contributed by atoms with Gasteiger partial charge in [0, 0.05) is 7.05 Å². The van der Waals surface area contributed by atoms with Gasteiger partial charge in [-0.1, -0.05) is 0 Å². The molecule has 4 nitrogen and oxygen atoms in total. The molecule has 0 aliphatic rings. The van der Waals surface area contributed by atoms with E-state index in [-0.39, 0.29) is 11.5 Å². The maximum atomic E-state index is 13.5. The van der Waals surface area contributed by atoms with E-state index in [0.717, 1.165) is 0 Å². The molecule has 0 aliphatic heterocycles. The molecule has 0 fully saturated rings. The molecular formula is C10H9BrFN3O. The van der Waals surface area contributed by atoms with Crippen LogP contribution in [0.25, 0.3) is 11.6 Å². The predicted molar refractivity (Wildman–Crippen MR) is 61.7 cm³/mol. The Morgan fingerprint density at radius 1 is 1.38 bits per heavy atom. The quantitative estimate of drug-likeness (QED) is 0.922. The van der Waals surface area contributed by atoms with Crippen molar-refractivity contribution in [2.75, 3.05) is 12.4 Å². The van der Waals surface area contributed by atoms with Crippen LogP contribution in [-0.4, -0.2) is 17.0 Å². The summed E-state index contributed by atoms with van der Waals surface area (Å²) in [6.07, 6.45) is 0. The molecule has 2 aromatic rings. The van der Waals surface area contributed by atoms with E-state index in [0.29, 0.717) is 16.3 Å². The van der Waals surface area contributed by atoms with Gasteiger partial charge in [-0.3, -0.25) is 0 Å². The summed E-state index contributed by atoms with van der Waals surface area (Å²) in [6.45, 7) is 1.58. The molecule has 0 amide bonds. The number of furan rings is 1. The third kappa shape index (κ3) is 1.92. The van der Waals surface area contributed by atoms with Crippen molar-refractivity contribution in [1.29, 1.82) is 0 Å². The van der Waals surface area contributed by atoms with Crippen LogP contribution >= 0.6 is 15.9 Å². The highest BCUT2D eigenvalue weighted by molar-refractivity contribution is 9.10. The Kier molecular flexibility index (Phi) is 2.91. The van der Waals surface area contributed by atoms with Crippen molar-refractivity contribution in [3.05, 3.63) is 28.3 Å². The Morgan fingerprint density at radius 2 is 2.12 bits per heavy atom. The molecule has 2 rings (SSSR count). The van der Waals surface area contributed by atoms with E-state index in [1.54, 1.807) is 26.1 Å². The molecule has 84 valence electrons. The van der Waals surface area contributed by atoms with Crippen LogP contribution in [0.3, 0.4) is 0 Å². The molecule has 0 bridgehead atoms. The molecule has 0 spiro atoms. The monoisotopic (exact) mass is 285 g/mol. The molecule has 2 heterocycles. The van der Waals surface area contributed by atoms with Gasteiger partial charge in [0.2, 0.25) is 0 Å². The van der Waals surface area contributed by atoms with Crippen molar-refractivity contribution in [3.63, 3.8) is 0 Å². The summed E-state index contributed by atoms with van der Waals surface area (Å²) in [7, 11) is 1.60. The van der Waals surface area contributed by atoms with Gasteiger partial charge in [-0.25, -0.2) is 14.4 Å². The minimum absolute atomic E-state index is 0.162. The topological polar surface area (TPSA) is 51.0 Å². The molecule has 1 N–H and O–H groups in total. The van der Waals surface area contributed by atoms with Crippen LogP contribution in [0.5, 0.6) is 0 Å². The van der Waals surface area contributed by atoms with Gasteiger partial charge in [0.15, 0.2) is 27.9 Å². The molecule has 16 heavy (non-hydrogen) atoms. The molecule has 0 aromatic carbocycles. The molecule has 0 atom stereocenters. The SMILES string of the molecule is CNc1nc(-c2ccc(Br)o2)nc(C)c1F. The average Bonchev–Trinajstić information content (AvgIpc) is 2.69. The zero-order valence-electron chi connectivity index (χ0n) is 8.71. The van der Waals surface area contributed by atoms with Crippen molar-refractivity contribution >= 4 is 21.7 Å². The minimum atomic E-state index is -0.447. The number of hydrogen-bond donors (Lipinski definition) is 1. The number of nitrogens with one attached hydrogen (secondary N) is 1. The Morgan fingerprint density at radius 3 is 2.69 bits per heavy atom. The zero-order chi connectivity index (χ0) is 11.7. The normalized spacial score (nSPS) is 10.5. The van der Waals surface area contributed by atoms with Crippen molar-refractivity contribution in [2.24, 2.45) is 0 Å². The van der Waals surface area contributed by atoms with E-state index in [1.165, 1.54) is 0 Å². The van der Waals surface area contributed by atoms with Crippen LogP contribution in [0.1, 0.15) is 5.69 Å². The molecule has 0 aliphatic carbocycles. The summed E-state index contributed by atoms with van der Waals surface area (Å²) in [5.41, 5.74) is 0.280. The molecule has 2 aromatic heterocycles. The second kappa shape index (κ2) is 4.21. The smallest absolute Gasteiger partial charge is 0.198 e. The Hall–Kier alpha value is -1.43. The van der Waals surface area contributed by atoms with Gasteiger partial charge in [-0.15, -0.1) is 0 Å². The second-order valence-corrected chi connectivity index (χ2v) is 3.93. The van der Waals surface area contributed by atoms with Crippen molar-refractivity contribution in [3.8, 4) is 11.6 Å². The summed E-state index contributed by atoms with van der Waals surface area (Å²) in [5.74, 6) is 0.562. The van der Waals surface area contributed by atoms with E-state index >= 15 is 0 Å². The Labute approximate surface area is 100 Å². The molecule has 6 heteroatoms. The highest BCUT2D eigenvalue weighted by Crippen LogP contribution is 2.24. The summed E-state index contributed by atoms with van der Waals surface area (Å²) >= 11 is 3.19. The highest BCUT2D eigenvalue weighted by atomic mass is 79.9. The van der Waals surface area contributed by atoms with Gasteiger partial charge < -0.3 is 9.73 Å². The van der Waals surface area contributed by atoms with Crippen molar-refractivity contribution in [2.45, 2.75) is 6.92 Å². The molecule has 0 saturated carbocycles. The van der Waals surface area contributed by atoms with E-state index in [2.05, 4.69) is 31.2 Å². The highest BCUT2D eigenvalue weighted by Gasteiger charge is 2.13. The van der Waals surface area contributed by atoms with Gasteiger partial charge in [0.1, 0.15) is 0 Å². The fourth-order valence-electron chi connectivity index (χ4n) is 1.27. The molecule has 0 radical (unpaired) electrons. The van der Waals surface area contributed by atoms with Gasteiger partial charge in [0.25, 0.3) is 0 Å². The summed E-state index contributed by atoms with van der Waals surface area (Å²) in [4.78, 5) is 8.05. The van der Waals surface area contributed by atoms with Crippen molar-refractivity contribution in [1.82, 2.24) is 9.97 Å².